The number of H-pyrrole nitrogens is 1. The minimum atomic E-state index is -0.0277. The van der Waals surface area contributed by atoms with Gasteiger partial charge in [0.2, 0.25) is 0 Å². The number of fused-ring (bicyclic) bond motifs is 1. The number of benzene rings is 1. The minimum absolute atomic E-state index is 0.0277. The molecule has 1 aromatic heterocycles. The van der Waals surface area contributed by atoms with Gasteiger partial charge in [0, 0.05) is 22.7 Å². The number of aryl methyl sites for hydroxylation is 1. The normalized spacial score (nSPS) is 10.7. The topological polar surface area (TPSA) is 58.9 Å². The summed E-state index contributed by atoms with van der Waals surface area (Å²) in [6, 6.07) is 5.95. The van der Waals surface area contributed by atoms with E-state index in [-0.39, 0.29) is 12.3 Å². The van der Waals surface area contributed by atoms with Gasteiger partial charge < -0.3 is 10.7 Å². The van der Waals surface area contributed by atoms with Gasteiger partial charge in [-0.3, -0.25) is 4.79 Å². The Morgan fingerprint density at radius 2 is 2.29 bits per heavy atom. The van der Waals surface area contributed by atoms with Crippen molar-refractivity contribution >= 4 is 16.7 Å². The number of ketones is 1. The molecule has 3 nitrogen and oxygen atoms in total. The van der Waals surface area contributed by atoms with Gasteiger partial charge in [-0.1, -0.05) is 12.1 Å². The molecule has 1 heterocycles. The molecule has 2 rings (SSSR count). The Hall–Kier alpha value is -1.61. The number of carbonyl (C=O) groups is 1. The Morgan fingerprint density at radius 1 is 1.50 bits per heavy atom. The Morgan fingerprint density at radius 3 is 3.00 bits per heavy atom. The maximum absolute atomic E-state index is 11.4. The van der Waals surface area contributed by atoms with E-state index in [4.69, 9.17) is 5.73 Å². The summed E-state index contributed by atoms with van der Waals surface area (Å²) in [5.74, 6) is -0.0277. The summed E-state index contributed by atoms with van der Waals surface area (Å²) >= 11 is 0. The van der Waals surface area contributed by atoms with Crippen molar-refractivity contribution in [3.63, 3.8) is 0 Å². The lowest BCUT2D eigenvalue weighted by Crippen LogP contribution is -2.12. The third-order valence-electron chi connectivity index (χ3n) is 2.32. The predicted molar refractivity (Wildman–Crippen MR) is 56.4 cm³/mol. The zero-order valence-electron chi connectivity index (χ0n) is 8.00. The first-order chi connectivity index (χ1) is 6.72. The number of aromatic amines is 1. The molecule has 0 amide bonds. The zero-order valence-corrected chi connectivity index (χ0v) is 8.00. The molecule has 0 aliphatic heterocycles. The summed E-state index contributed by atoms with van der Waals surface area (Å²) in [4.78, 5) is 14.5. The maximum atomic E-state index is 11.4. The summed E-state index contributed by atoms with van der Waals surface area (Å²) in [6.07, 6.45) is 1.72. The summed E-state index contributed by atoms with van der Waals surface area (Å²) < 4.78 is 0. The molecule has 14 heavy (non-hydrogen) atoms. The quantitative estimate of drug-likeness (QED) is 0.703. The van der Waals surface area contributed by atoms with Gasteiger partial charge >= 0.3 is 0 Å². The molecule has 72 valence electrons. The molecule has 0 atom stereocenters. The van der Waals surface area contributed by atoms with E-state index in [0.717, 1.165) is 10.9 Å². The van der Waals surface area contributed by atoms with Crippen molar-refractivity contribution in [2.24, 2.45) is 5.73 Å². The van der Waals surface area contributed by atoms with Crippen molar-refractivity contribution in [1.29, 1.82) is 0 Å². The van der Waals surface area contributed by atoms with Crippen LogP contribution in [0.15, 0.2) is 24.4 Å². The van der Waals surface area contributed by atoms with E-state index in [1.165, 1.54) is 5.56 Å². The van der Waals surface area contributed by atoms with Crippen LogP contribution >= 0.6 is 0 Å². The van der Waals surface area contributed by atoms with Crippen LogP contribution in [0.4, 0.5) is 0 Å². The van der Waals surface area contributed by atoms with E-state index < -0.39 is 0 Å². The number of carbonyl (C=O) groups excluding carboxylic acids is 1. The Labute approximate surface area is 81.9 Å². The highest BCUT2D eigenvalue weighted by molar-refractivity contribution is 6.08. The highest BCUT2D eigenvalue weighted by Crippen LogP contribution is 2.19. The Balaban J connectivity index is 2.64. The number of nitrogens with one attached hydrogen (secondary N) is 1. The number of aromatic nitrogens is 1. The number of nitrogens with two attached hydrogens (primary N) is 1. The van der Waals surface area contributed by atoms with Crippen LogP contribution in [0.2, 0.25) is 0 Å². The third kappa shape index (κ3) is 1.32. The van der Waals surface area contributed by atoms with E-state index in [0.29, 0.717) is 5.56 Å². The van der Waals surface area contributed by atoms with E-state index in [2.05, 4.69) is 4.98 Å². The molecule has 0 bridgehead atoms. The molecular weight excluding hydrogens is 176 g/mol. The molecular formula is C11H12N2O. The van der Waals surface area contributed by atoms with Gasteiger partial charge in [-0.05, 0) is 18.6 Å². The van der Waals surface area contributed by atoms with Crippen LogP contribution in [0.25, 0.3) is 10.9 Å². The van der Waals surface area contributed by atoms with Crippen LogP contribution in [0.5, 0.6) is 0 Å². The van der Waals surface area contributed by atoms with Crippen LogP contribution in [-0.4, -0.2) is 17.3 Å². The molecule has 0 saturated carbocycles. The van der Waals surface area contributed by atoms with E-state index in [1.54, 1.807) is 6.20 Å². The van der Waals surface area contributed by atoms with Crippen LogP contribution in [0, 0.1) is 6.92 Å². The van der Waals surface area contributed by atoms with E-state index >= 15 is 0 Å². The van der Waals surface area contributed by atoms with Gasteiger partial charge in [0.25, 0.3) is 0 Å². The van der Waals surface area contributed by atoms with Crippen molar-refractivity contribution in [1.82, 2.24) is 4.98 Å². The van der Waals surface area contributed by atoms with Crippen molar-refractivity contribution < 1.29 is 4.79 Å². The second kappa shape index (κ2) is 3.27. The summed E-state index contributed by atoms with van der Waals surface area (Å²) in [5, 5.41) is 0.950. The molecule has 0 aliphatic rings. The number of hydrogen-bond acceptors (Lipinski definition) is 2. The van der Waals surface area contributed by atoms with Gasteiger partial charge in [-0.15, -0.1) is 0 Å². The average molecular weight is 188 g/mol. The lowest BCUT2D eigenvalue weighted by Gasteiger charge is -1.96. The zero-order chi connectivity index (χ0) is 10.1. The average Bonchev–Trinajstić information content (AvgIpc) is 2.59. The van der Waals surface area contributed by atoms with Crippen LogP contribution in [0.1, 0.15) is 15.9 Å². The molecule has 0 saturated heterocycles. The van der Waals surface area contributed by atoms with Crippen LogP contribution in [0.3, 0.4) is 0 Å². The molecule has 0 aliphatic carbocycles. The van der Waals surface area contributed by atoms with Crippen LogP contribution < -0.4 is 5.73 Å². The van der Waals surface area contributed by atoms with E-state index in [9.17, 15) is 4.79 Å². The Bertz CT molecular complexity index is 485. The fourth-order valence-electron chi connectivity index (χ4n) is 1.58. The molecule has 3 N–H and O–H groups in total. The van der Waals surface area contributed by atoms with Crippen molar-refractivity contribution in [2.45, 2.75) is 6.92 Å². The molecule has 2 aromatic rings. The lowest BCUT2D eigenvalue weighted by atomic mass is 10.1. The van der Waals surface area contributed by atoms with Gasteiger partial charge in [0.15, 0.2) is 5.78 Å². The number of rotatable bonds is 2. The lowest BCUT2D eigenvalue weighted by molar-refractivity contribution is 0.100. The largest absolute Gasteiger partial charge is 0.360 e. The second-order valence-corrected chi connectivity index (χ2v) is 3.38. The molecule has 0 unspecified atom stereocenters. The highest BCUT2D eigenvalue weighted by atomic mass is 16.1. The standard InChI is InChI=1S/C11H12N2O/c1-7-2-3-8-9(11(14)5-12)6-13-10(8)4-7/h2-4,6,13H,5,12H2,1H3. The van der Waals surface area contributed by atoms with Crippen molar-refractivity contribution in [3.8, 4) is 0 Å². The molecule has 0 radical (unpaired) electrons. The van der Waals surface area contributed by atoms with Crippen molar-refractivity contribution in [3.05, 3.63) is 35.5 Å². The third-order valence-corrected chi connectivity index (χ3v) is 2.32. The van der Waals surface area contributed by atoms with Gasteiger partial charge in [0.05, 0.1) is 6.54 Å². The first-order valence-electron chi connectivity index (χ1n) is 4.53. The van der Waals surface area contributed by atoms with Gasteiger partial charge in [-0.25, -0.2) is 0 Å². The molecule has 1 aromatic carbocycles. The SMILES string of the molecule is Cc1ccc2c(C(=O)CN)c[nH]c2c1. The fraction of sp³-hybridized carbons (Fsp3) is 0.182. The highest BCUT2D eigenvalue weighted by Gasteiger charge is 2.09. The second-order valence-electron chi connectivity index (χ2n) is 3.38. The molecule has 0 spiro atoms. The Kier molecular flexibility index (Phi) is 2.09. The molecule has 0 fully saturated rings. The predicted octanol–water partition coefficient (Wildman–Crippen LogP) is 1.62. The number of hydrogen-bond donors (Lipinski definition) is 2. The fourth-order valence-corrected chi connectivity index (χ4v) is 1.58. The first-order valence-corrected chi connectivity index (χ1v) is 4.53. The molecule has 3 heteroatoms. The minimum Gasteiger partial charge on any atom is -0.360 e. The van der Waals surface area contributed by atoms with Crippen molar-refractivity contribution in [2.75, 3.05) is 6.54 Å². The van der Waals surface area contributed by atoms with Gasteiger partial charge in [-0.2, -0.15) is 0 Å². The maximum Gasteiger partial charge on any atom is 0.178 e. The summed E-state index contributed by atoms with van der Waals surface area (Å²) in [5.41, 5.74) is 8.16. The number of Topliss-reactive ketones (excluding diaryl/α,β-unsaturated/α-hetero) is 1. The monoisotopic (exact) mass is 188 g/mol. The van der Waals surface area contributed by atoms with E-state index in [1.807, 2.05) is 25.1 Å². The summed E-state index contributed by atoms with van der Waals surface area (Å²) in [7, 11) is 0. The summed E-state index contributed by atoms with van der Waals surface area (Å²) in [6.45, 7) is 2.07. The van der Waals surface area contributed by atoms with Crippen LogP contribution in [-0.2, 0) is 0 Å². The van der Waals surface area contributed by atoms with Gasteiger partial charge in [0.1, 0.15) is 0 Å². The smallest absolute Gasteiger partial charge is 0.178 e. The first kappa shape index (κ1) is 8.97.